The molecule has 0 aliphatic carbocycles. The molecule has 1 N–H and O–H groups in total. The quantitative estimate of drug-likeness (QED) is 0.820. The molecule has 1 aromatic carbocycles. The fourth-order valence-corrected chi connectivity index (χ4v) is 2.61. The molecule has 1 heterocycles. The Kier molecular flexibility index (Phi) is 3.10. The molecule has 0 amide bonds. The number of ether oxygens (including phenoxy) is 1. The second kappa shape index (κ2) is 4.20. The van der Waals surface area contributed by atoms with Crippen LogP contribution in [0.1, 0.15) is 18.5 Å². The Hall–Kier alpha value is -0.440. The molecule has 2 atom stereocenters. The number of hydrogen-bond donors (Lipinski definition) is 1. The minimum atomic E-state index is 0.235. The van der Waals surface area contributed by atoms with E-state index in [-0.39, 0.29) is 6.04 Å². The maximum Gasteiger partial charge on any atom is 0.127 e. The van der Waals surface area contributed by atoms with Gasteiger partial charge in [0.15, 0.2) is 0 Å². The predicted molar refractivity (Wildman–Crippen MR) is 62.9 cm³/mol. The van der Waals surface area contributed by atoms with E-state index in [1.165, 1.54) is 0 Å². The van der Waals surface area contributed by atoms with Crippen molar-refractivity contribution in [1.82, 2.24) is 5.32 Å². The minimum Gasteiger partial charge on any atom is -0.493 e. The van der Waals surface area contributed by atoms with Gasteiger partial charge in [0.2, 0.25) is 0 Å². The first kappa shape index (κ1) is 11.1. The van der Waals surface area contributed by atoms with Crippen molar-refractivity contribution in [2.24, 2.45) is 5.92 Å². The Bertz CT molecular complexity index is 381. The number of benzene rings is 1. The summed E-state index contributed by atoms with van der Waals surface area (Å²) in [7, 11) is 1.93. The van der Waals surface area contributed by atoms with E-state index in [0.717, 1.165) is 11.3 Å². The Morgan fingerprint density at radius 3 is 2.80 bits per heavy atom. The molecule has 2 rings (SSSR count). The minimum absolute atomic E-state index is 0.235. The monoisotopic (exact) mass is 245 g/mol. The molecule has 0 saturated heterocycles. The van der Waals surface area contributed by atoms with Gasteiger partial charge in [0.05, 0.1) is 11.6 Å². The lowest BCUT2D eigenvalue weighted by atomic mass is 9.92. The van der Waals surface area contributed by atoms with E-state index < -0.39 is 0 Å². The zero-order chi connectivity index (χ0) is 11.0. The SMILES string of the molecule is CNC1c2c(Cl)cc(Cl)cc2OCC1C. The number of halogens is 2. The summed E-state index contributed by atoms with van der Waals surface area (Å²) in [6.07, 6.45) is 0. The van der Waals surface area contributed by atoms with E-state index in [1.807, 2.05) is 13.1 Å². The van der Waals surface area contributed by atoms with Crippen molar-refractivity contribution in [3.63, 3.8) is 0 Å². The fourth-order valence-electron chi connectivity index (χ4n) is 2.01. The highest BCUT2D eigenvalue weighted by atomic mass is 35.5. The average Bonchev–Trinajstić information content (AvgIpc) is 2.18. The fraction of sp³-hybridized carbons (Fsp3) is 0.455. The van der Waals surface area contributed by atoms with E-state index >= 15 is 0 Å². The van der Waals surface area contributed by atoms with Crippen LogP contribution in [-0.4, -0.2) is 13.7 Å². The lowest BCUT2D eigenvalue weighted by Crippen LogP contribution is -2.32. The van der Waals surface area contributed by atoms with Gasteiger partial charge in [-0.25, -0.2) is 0 Å². The van der Waals surface area contributed by atoms with Gasteiger partial charge in [-0.3, -0.25) is 0 Å². The number of hydrogen-bond acceptors (Lipinski definition) is 2. The normalized spacial score (nSPS) is 24.5. The molecule has 0 fully saturated rings. The summed E-state index contributed by atoms with van der Waals surface area (Å²) in [5.74, 6) is 1.20. The highest BCUT2D eigenvalue weighted by Crippen LogP contribution is 2.41. The van der Waals surface area contributed by atoms with Gasteiger partial charge in [-0.1, -0.05) is 30.1 Å². The highest BCUT2D eigenvalue weighted by Gasteiger charge is 2.29. The zero-order valence-corrected chi connectivity index (χ0v) is 10.2. The standard InChI is InChI=1S/C11H13Cl2NO/c1-6-5-15-9-4-7(12)3-8(13)10(9)11(6)14-2/h3-4,6,11,14H,5H2,1-2H3. The first-order chi connectivity index (χ1) is 7.13. The first-order valence-corrected chi connectivity index (χ1v) is 5.68. The summed E-state index contributed by atoms with van der Waals surface area (Å²) in [6.45, 7) is 2.82. The van der Waals surface area contributed by atoms with Crippen molar-refractivity contribution in [2.45, 2.75) is 13.0 Å². The first-order valence-electron chi connectivity index (χ1n) is 4.92. The Morgan fingerprint density at radius 1 is 1.40 bits per heavy atom. The third-order valence-electron chi connectivity index (χ3n) is 2.75. The van der Waals surface area contributed by atoms with E-state index in [4.69, 9.17) is 27.9 Å². The van der Waals surface area contributed by atoms with Crippen LogP contribution in [0.25, 0.3) is 0 Å². The van der Waals surface area contributed by atoms with Gasteiger partial charge in [-0.2, -0.15) is 0 Å². The van der Waals surface area contributed by atoms with Gasteiger partial charge in [-0.05, 0) is 19.2 Å². The van der Waals surface area contributed by atoms with Crippen LogP contribution in [0.2, 0.25) is 10.0 Å². The van der Waals surface area contributed by atoms with Crippen molar-refractivity contribution >= 4 is 23.2 Å². The number of rotatable bonds is 1. The molecule has 2 unspecified atom stereocenters. The summed E-state index contributed by atoms with van der Waals surface area (Å²) in [6, 6.07) is 3.81. The topological polar surface area (TPSA) is 21.3 Å². The van der Waals surface area contributed by atoms with Crippen molar-refractivity contribution in [3.8, 4) is 5.75 Å². The maximum atomic E-state index is 6.18. The van der Waals surface area contributed by atoms with Gasteiger partial charge >= 0.3 is 0 Å². The highest BCUT2D eigenvalue weighted by molar-refractivity contribution is 6.35. The largest absolute Gasteiger partial charge is 0.493 e. The van der Waals surface area contributed by atoms with Crippen LogP contribution in [0.5, 0.6) is 5.75 Å². The molecule has 0 radical (unpaired) electrons. The second-order valence-electron chi connectivity index (χ2n) is 3.85. The van der Waals surface area contributed by atoms with Crippen LogP contribution < -0.4 is 10.1 Å². The molecule has 1 aliphatic rings. The molecule has 0 bridgehead atoms. The van der Waals surface area contributed by atoms with Crippen LogP contribution >= 0.6 is 23.2 Å². The summed E-state index contributed by atoms with van der Waals surface area (Å²) in [4.78, 5) is 0. The van der Waals surface area contributed by atoms with Crippen LogP contribution in [0.4, 0.5) is 0 Å². The Labute approximate surface area is 99.5 Å². The maximum absolute atomic E-state index is 6.18. The van der Waals surface area contributed by atoms with Crippen molar-refractivity contribution in [3.05, 3.63) is 27.7 Å². The van der Waals surface area contributed by atoms with Crippen LogP contribution in [0, 0.1) is 5.92 Å². The van der Waals surface area contributed by atoms with Gasteiger partial charge < -0.3 is 10.1 Å². The average molecular weight is 246 g/mol. The summed E-state index contributed by atoms with van der Waals surface area (Å²) in [5, 5.41) is 4.55. The van der Waals surface area contributed by atoms with Crippen LogP contribution in [-0.2, 0) is 0 Å². The Balaban J connectivity index is 2.52. The zero-order valence-electron chi connectivity index (χ0n) is 8.68. The molecule has 0 aromatic heterocycles. The van der Waals surface area contributed by atoms with Gasteiger partial charge in [0.1, 0.15) is 5.75 Å². The van der Waals surface area contributed by atoms with E-state index in [2.05, 4.69) is 12.2 Å². The van der Waals surface area contributed by atoms with Gasteiger partial charge in [0, 0.05) is 22.5 Å². The predicted octanol–water partition coefficient (Wildman–Crippen LogP) is 3.28. The summed E-state index contributed by atoms with van der Waals surface area (Å²) < 4.78 is 5.62. The van der Waals surface area contributed by atoms with Crippen LogP contribution in [0.15, 0.2) is 12.1 Å². The van der Waals surface area contributed by atoms with E-state index in [0.29, 0.717) is 22.6 Å². The molecule has 82 valence electrons. The Morgan fingerprint density at radius 2 is 2.13 bits per heavy atom. The lowest BCUT2D eigenvalue weighted by Gasteiger charge is -2.32. The molecule has 1 aromatic rings. The van der Waals surface area contributed by atoms with E-state index in [1.54, 1.807) is 6.07 Å². The van der Waals surface area contributed by atoms with Gasteiger partial charge in [-0.15, -0.1) is 0 Å². The van der Waals surface area contributed by atoms with Crippen molar-refractivity contribution in [1.29, 1.82) is 0 Å². The number of nitrogens with one attached hydrogen (secondary N) is 1. The third-order valence-corrected chi connectivity index (χ3v) is 3.28. The molecule has 1 aliphatic heterocycles. The molecule has 0 saturated carbocycles. The van der Waals surface area contributed by atoms with Gasteiger partial charge in [0.25, 0.3) is 0 Å². The molecule has 4 heteroatoms. The van der Waals surface area contributed by atoms with Crippen molar-refractivity contribution < 1.29 is 4.74 Å². The van der Waals surface area contributed by atoms with Crippen LogP contribution in [0.3, 0.4) is 0 Å². The van der Waals surface area contributed by atoms with E-state index in [9.17, 15) is 0 Å². The van der Waals surface area contributed by atoms with Crippen molar-refractivity contribution in [2.75, 3.05) is 13.7 Å². The molecule has 15 heavy (non-hydrogen) atoms. The molecular weight excluding hydrogens is 233 g/mol. The second-order valence-corrected chi connectivity index (χ2v) is 4.70. The summed E-state index contributed by atoms with van der Waals surface area (Å²) in [5.41, 5.74) is 1.02. The molecular formula is C11H13Cl2NO. The molecule has 0 spiro atoms. The lowest BCUT2D eigenvalue weighted by molar-refractivity contribution is 0.193. The summed E-state index contributed by atoms with van der Waals surface area (Å²) >= 11 is 12.1. The number of fused-ring (bicyclic) bond motifs is 1. The third kappa shape index (κ3) is 1.94. The smallest absolute Gasteiger partial charge is 0.127 e. The molecule has 2 nitrogen and oxygen atoms in total.